The Balaban J connectivity index is 1.57. The molecular formula is C18H20FNO3. The molecule has 23 heavy (non-hydrogen) atoms. The van der Waals surface area contributed by atoms with Gasteiger partial charge >= 0.3 is 0 Å². The minimum absolute atomic E-state index is 0.0649. The molecule has 0 saturated carbocycles. The van der Waals surface area contributed by atoms with E-state index in [2.05, 4.69) is 6.92 Å². The number of hydrogen-bond acceptors (Lipinski definition) is 3. The highest BCUT2D eigenvalue weighted by Crippen LogP contribution is 2.20. The number of likely N-dealkylation sites (tertiary alicyclic amines) is 1. The van der Waals surface area contributed by atoms with Crippen LogP contribution in [0.4, 0.5) is 4.39 Å². The van der Waals surface area contributed by atoms with Gasteiger partial charge in [-0.25, -0.2) is 4.39 Å². The molecule has 3 rings (SSSR count). The number of carbonyl (C=O) groups is 1. The molecule has 0 aliphatic carbocycles. The summed E-state index contributed by atoms with van der Waals surface area (Å²) in [6.45, 7) is 3.97. The number of rotatable bonds is 4. The largest absolute Gasteiger partial charge is 0.486 e. The number of furan rings is 1. The monoisotopic (exact) mass is 317 g/mol. The normalized spacial score (nSPS) is 15.7. The molecule has 1 amide bonds. The van der Waals surface area contributed by atoms with E-state index < -0.39 is 0 Å². The average molecular weight is 317 g/mol. The first-order valence-electron chi connectivity index (χ1n) is 7.88. The van der Waals surface area contributed by atoms with E-state index in [0.29, 0.717) is 23.2 Å². The second kappa shape index (κ2) is 6.86. The van der Waals surface area contributed by atoms with Crippen LogP contribution in [0.15, 0.2) is 40.8 Å². The van der Waals surface area contributed by atoms with Gasteiger partial charge in [0, 0.05) is 13.1 Å². The molecule has 0 unspecified atom stereocenters. The van der Waals surface area contributed by atoms with Gasteiger partial charge < -0.3 is 14.1 Å². The number of ether oxygens (including phenoxy) is 1. The molecule has 0 N–H and O–H groups in total. The minimum atomic E-state index is -0.306. The number of hydrogen-bond donors (Lipinski definition) is 0. The summed E-state index contributed by atoms with van der Waals surface area (Å²) in [7, 11) is 0. The molecule has 1 aliphatic heterocycles. The van der Waals surface area contributed by atoms with E-state index in [1.54, 1.807) is 24.3 Å². The zero-order valence-electron chi connectivity index (χ0n) is 13.1. The van der Waals surface area contributed by atoms with Gasteiger partial charge in [0.25, 0.3) is 5.91 Å². The van der Waals surface area contributed by atoms with Crippen molar-refractivity contribution >= 4 is 5.91 Å². The van der Waals surface area contributed by atoms with Crippen LogP contribution in [0, 0.1) is 11.7 Å². The van der Waals surface area contributed by atoms with Crippen molar-refractivity contribution < 1.29 is 18.3 Å². The first-order valence-corrected chi connectivity index (χ1v) is 7.88. The molecular weight excluding hydrogens is 297 g/mol. The zero-order chi connectivity index (χ0) is 16.2. The quantitative estimate of drug-likeness (QED) is 0.859. The summed E-state index contributed by atoms with van der Waals surface area (Å²) in [5.74, 6) is 1.78. The fourth-order valence-corrected chi connectivity index (χ4v) is 2.62. The van der Waals surface area contributed by atoms with Gasteiger partial charge in [-0.05, 0) is 55.2 Å². The van der Waals surface area contributed by atoms with Crippen molar-refractivity contribution in [2.45, 2.75) is 26.4 Å². The lowest BCUT2D eigenvalue weighted by atomic mass is 9.99. The molecule has 1 fully saturated rings. The van der Waals surface area contributed by atoms with E-state index in [0.717, 1.165) is 25.9 Å². The summed E-state index contributed by atoms with van der Waals surface area (Å²) in [4.78, 5) is 14.2. The van der Waals surface area contributed by atoms with Crippen LogP contribution in [0.5, 0.6) is 5.75 Å². The van der Waals surface area contributed by atoms with Crippen molar-refractivity contribution in [1.29, 1.82) is 0 Å². The summed E-state index contributed by atoms with van der Waals surface area (Å²) in [6.07, 6.45) is 2.07. The van der Waals surface area contributed by atoms with Crippen molar-refractivity contribution in [3.05, 3.63) is 53.7 Å². The molecule has 0 radical (unpaired) electrons. The standard InChI is InChI=1S/C18H20FNO3/c1-13-8-10-20(11-9-13)18(21)17-7-6-16(23-17)12-22-15-4-2-14(19)3-5-15/h2-7,13H,8-12H2,1H3. The molecule has 4 nitrogen and oxygen atoms in total. The first kappa shape index (κ1) is 15.6. The highest BCUT2D eigenvalue weighted by molar-refractivity contribution is 5.91. The molecule has 1 saturated heterocycles. The Morgan fingerprint density at radius 1 is 1.22 bits per heavy atom. The van der Waals surface area contributed by atoms with Gasteiger partial charge in [0.15, 0.2) is 5.76 Å². The third-order valence-electron chi connectivity index (χ3n) is 4.14. The van der Waals surface area contributed by atoms with Crippen molar-refractivity contribution in [2.24, 2.45) is 5.92 Å². The lowest BCUT2D eigenvalue weighted by molar-refractivity contribution is 0.0661. The predicted octanol–water partition coefficient (Wildman–Crippen LogP) is 3.87. The number of piperidine rings is 1. The number of carbonyl (C=O) groups excluding carboxylic acids is 1. The second-order valence-electron chi connectivity index (χ2n) is 5.98. The van der Waals surface area contributed by atoms with Crippen LogP contribution in [0.25, 0.3) is 0 Å². The van der Waals surface area contributed by atoms with Gasteiger partial charge in [-0.3, -0.25) is 4.79 Å². The lowest BCUT2D eigenvalue weighted by Gasteiger charge is -2.29. The Bertz CT molecular complexity index is 657. The first-order chi connectivity index (χ1) is 11.1. The fraction of sp³-hybridized carbons (Fsp3) is 0.389. The number of halogens is 1. The summed E-state index contributed by atoms with van der Waals surface area (Å²) >= 11 is 0. The lowest BCUT2D eigenvalue weighted by Crippen LogP contribution is -2.37. The van der Waals surface area contributed by atoms with E-state index in [1.807, 2.05) is 4.90 Å². The summed E-state index contributed by atoms with van der Waals surface area (Å²) in [5, 5.41) is 0. The Labute approximate surface area is 134 Å². The average Bonchev–Trinajstić information content (AvgIpc) is 3.03. The van der Waals surface area contributed by atoms with Crippen LogP contribution in [0.2, 0.25) is 0 Å². The van der Waals surface area contributed by atoms with Crippen LogP contribution < -0.4 is 4.74 Å². The molecule has 122 valence electrons. The molecule has 1 aromatic carbocycles. The maximum atomic E-state index is 12.8. The van der Waals surface area contributed by atoms with Gasteiger partial charge in [0.05, 0.1) is 0 Å². The van der Waals surface area contributed by atoms with Gasteiger partial charge in [-0.2, -0.15) is 0 Å². The van der Waals surface area contributed by atoms with Gasteiger partial charge in [0.2, 0.25) is 0 Å². The van der Waals surface area contributed by atoms with Gasteiger partial charge in [-0.15, -0.1) is 0 Å². The molecule has 5 heteroatoms. The third kappa shape index (κ3) is 3.92. The van der Waals surface area contributed by atoms with E-state index in [-0.39, 0.29) is 18.3 Å². The van der Waals surface area contributed by atoms with Gasteiger partial charge in [-0.1, -0.05) is 6.92 Å². The van der Waals surface area contributed by atoms with Crippen molar-refractivity contribution in [3.63, 3.8) is 0 Å². The summed E-state index contributed by atoms with van der Waals surface area (Å²) < 4.78 is 23.9. The fourth-order valence-electron chi connectivity index (χ4n) is 2.62. The minimum Gasteiger partial charge on any atom is -0.486 e. The molecule has 1 aliphatic rings. The highest BCUT2D eigenvalue weighted by atomic mass is 19.1. The maximum Gasteiger partial charge on any atom is 0.289 e. The zero-order valence-corrected chi connectivity index (χ0v) is 13.1. The highest BCUT2D eigenvalue weighted by Gasteiger charge is 2.23. The SMILES string of the molecule is CC1CCN(C(=O)c2ccc(COc3ccc(F)cc3)o2)CC1. The number of benzene rings is 1. The Hall–Kier alpha value is -2.30. The van der Waals surface area contributed by atoms with Crippen molar-refractivity contribution in [1.82, 2.24) is 4.90 Å². The van der Waals surface area contributed by atoms with Crippen LogP contribution in [0.1, 0.15) is 36.1 Å². The van der Waals surface area contributed by atoms with E-state index >= 15 is 0 Å². The van der Waals surface area contributed by atoms with Crippen LogP contribution in [-0.2, 0) is 6.61 Å². The van der Waals surface area contributed by atoms with Crippen LogP contribution in [-0.4, -0.2) is 23.9 Å². The van der Waals surface area contributed by atoms with E-state index in [9.17, 15) is 9.18 Å². The van der Waals surface area contributed by atoms with Gasteiger partial charge in [0.1, 0.15) is 23.9 Å². The predicted molar refractivity (Wildman–Crippen MR) is 83.7 cm³/mol. The molecule has 2 aromatic rings. The molecule has 2 heterocycles. The molecule has 1 aromatic heterocycles. The smallest absolute Gasteiger partial charge is 0.289 e. The Kier molecular flexibility index (Phi) is 4.65. The summed E-state index contributed by atoms with van der Waals surface area (Å²) in [5.41, 5.74) is 0. The molecule has 0 bridgehead atoms. The Morgan fingerprint density at radius 2 is 1.91 bits per heavy atom. The summed E-state index contributed by atoms with van der Waals surface area (Å²) in [6, 6.07) is 9.21. The van der Waals surface area contributed by atoms with E-state index in [1.165, 1.54) is 12.1 Å². The van der Waals surface area contributed by atoms with Crippen LogP contribution in [0.3, 0.4) is 0 Å². The number of amides is 1. The second-order valence-corrected chi connectivity index (χ2v) is 5.98. The van der Waals surface area contributed by atoms with Crippen LogP contribution >= 0.6 is 0 Å². The molecule has 0 atom stereocenters. The maximum absolute atomic E-state index is 12.8. The van der Waals surface area contributed by atoms with E-state index in [4.69, 9.17) is 9.15 Å². The van der Waals surface area contributed by atoms with Crippen molar-refractivity contribution in [2.75, 3.05) is 13.1 Å². The number of nitrogens with zero attached hydrogens (tertiary/aromatic N) is 1. The van der Waals surface area contributed by atoms with Crippen molar-refractivity contribution in [3.8, 4) is 5.75 Å². The topological polar surface area (TPSA) is 42.7 Å². The molecule has 0 spiro atoms. The Morgan fingerprint density at radius 3 is 2.61 bits per heavy atom. The third-order valence-corrected chi connectivity index (χ3v) is 4.14.